The molecular weight excluding hydrogens is 524 g/mol. The number of hydrogen-bond acceptors (Lipinski definition) is 8. The van der Waals surface area contributed by atoms with E-state index in [4.69, 9.17) is 4.55 Å². The molecule has 0 saturated heterocycles. The van der Waals surface area contributed by atoms with Gasteiger partial charge in [0.25, 0.3) is 0 Å². The fraction of sp³-hybridized carbons (Fsp3) is 1.00. The molecule has 39 heavy (non-hydrogen) atoms. The molecule has 0 aromatic heterocycles. The number of hydrogen-bond donors (Lipinski definition) is 6. The lowest BCUT2D eigenvalue weighted by molar-refractivity contribution is -0.264. The number of fused-ring (bicyclic) bond motifs is 5. The van der Waals surface area contributed by atoms with E-state index in [0.29, 0.717) is 19.3 Å². The molecule has 0 heterocycles. The minimum Gasteiger partial charge on any atom is -0.393 e. The summed E-state index contributed by atoms with van der Waals surface area (Å²) in [4.78, 5) is 0. The zero-order valence-electron chi connectivity index (χ0n) is 24.2. The summed E-state index contributed by atoms with van der Waals surface area (Å²) in [7, 11) is -4.47. The molecule has 228 valence electrons. The molecular formula is C29H52O9S. The summed E-state index contributed by atoms with van der Waals surface area (Å²) in [6, 6.07) is 0. The van der Waals surface area contributed by atoms with Gasteiger partial charge in [-0.2, -0.15) is 8.42 Å². The number of aliphatic hydroxyl groups is 5. The summed E-state index contributed by atoms with van der Waals surface area (Å²) in [5.41, 5.74) is -2.15. The van der Waals surface area contributed by atoms with Crippen LogP contribution in [-0.4, -0.2) is 75.1 Å². The van der Waals surface area contributed by atoms with E-state index in [-0.39, 0.29) is 54.0 Å². The summed E-state index contributed by atoms with van der Waals surface area (Å²) in [5.74, 6) is -0.537. The second kappa shape index (κ2) is 11.1. The molecule has 4 saturated carbocycles. The largest absolute Gasteiger partial charge is 0.397 e. The van der Waals surface area contributed by atoms with Crippen molar-refractivity contribution in [1.29, 1.82) is 0 Å². The van der Waals surface area contributed by atoms with Gasteiger partial charge < -0.3 is 25.5 Å². The Labute approximate surface area is 234 Å². The van der Waals surface area contributed by atoms with E-state index in [1.54, 1.807) is 0 Å². The highest BCUT2D eigenvalue weighted by molar-refractivity contribution is 7.80. The molecule has 10 heteroatoms. The maximum Gasteiger partial charge on any atom is 0.397 e. The van der Waals surface area contributed by atoms with Crippen molar-refractivity contribution in [3.63, 3.8) is 0 Å². The topological polar surface area (TPSA) is 165 Å². The van der Waals surface area contributed by atoms with Crippen LogP contribution < -0.4 is 0 Å². The molecule has 4 aliphatic carbocycles. The van der Waals surface area contributed by atoms with Gasteiger partial charge in [0.2, 0.25) is 0 Å². The van der Waals surface area contributed by atoms with Gasteiger partial charge in [0.15, 0.2) is 0 Å². The van der Waals surface area contributed by atoms with Crippen molar-refractivity contribution in [2.24, 2.45) is 52.3 Å². The first kappa shape index (κ1) is 31.6. The monoisotopic (exact) mass is 576 g/mol. The van der Waals surface area contributed by atoms with E-state index in [9.17, 15) is 34.0 Å². The van der Waals surface area contributed by atoms with Crippen molar-refractivity contribution in [3.05, 3.63) is 0 Å². The SMILES string of the molecule is CC(C)[C@@H](CCOS(=O)(=O)O)CC[C@@H](C)[C@H]1[C@@H](O)[C@H](O)[C@@H]2[C@]1(C)CC[C@@H]1[C@@]3(C)CC[C@H](O)C[C@@H]3[C@@H](O)C[C@]12O. The van der Waals surface area contributed by atoms with Crippen LogP contribution in [0.15, 0.2) is 0 Å². The Morgan fingerprint density at radius 3 is 2.18 bits per heavy atom. The smallest absolute Gasteiger partial charge is 0.393 e. The van der Waals surface area contributed by atoms with Crippen molar-refractivity contribution in [2.75, 3.05) is 6.61 Å². The second-order valence-electron chi connectivity index (χ2n) is 14.5. The Morgan fingerprint density at radius 2 is 1.56 bits per heavy atom. The Kier molecular flexibility index (Phi) is 8.96. The lowest BCUT2D eigenvalue weighted by atomic mass is 9.42. The van der Waals surface area contributed by atoms with Crippen LogP contribution in [0.5, 0.6) is 0 Å². The van der Waals surface area contributed by atoms with E-state index in [0.717, 1.165) is 32.1 Å². The van der Waals surface area contributed by atoms with Gasteiger partial charge in [-0.3, -0.25) is 4.55 Å². The van der Waals surface area contributed by atoms with Crippen molar-refractivity contribution in [1.82, 2.24) is 0 Å². The van der Waals surface area contributed by atoms with Crippen LogP contribution in [0.3, 0.4) is 0 Å². The molecule has 4 aliphatic rings. The molecule has 0 spiro atoms. The molecule has 13 atom stereocenters. The lowest BCUT2D eigenvalue weighted by Crippen LogP contribution is -2.68. The molecule has 0 radical (unpaired) electrons. The summed E-state index contributed by atoms with van der Waals surface area (Å²) < 4.78 is 35.3. The van der Waals surface area contributed by atoms with Crippen LogP contribution in [0.2, 0.25) is 0 Å². The predicted octanol–water partition coefficient (Wildman–Crippen LogP) is 2.93. The normalized spacial score (nSPS) is 47.8. The molecule has 6 N–H and O–H groups in total. The van der Waals surface area contributed by atoms with E-state index in [1.807, 2.05) is 0 Å². The summed E-state index contributed by atoms with van der Waals surface area (Å²) in [6.07, 6.45) is 2.30. The molecule has 0 amide bonds. The third kappa shape index (κ3) is 5.58. The average Bonchev–Trinajstić information content (AvgIpc) is 3.01. The standard InChI is InChI=1S/C29H52O9S/c1-16(2)18(10-13-38-39(35,36)37)7-6-17(3)23-24(32)25(33)26-28(23,5)12-9-22-27(4)11-8-19(30)14-20(27)21(31)15-29(22,26)34/h16-26,30-34H,6-15H2,1-5H3,(H,35,36,37)/t17-,18-,19+,20-,21+,22-,23+,24-,25+,26-,27+,28-,29+/m1/s1. The van der Waals surface area contributed by atoms with E-state index in [2.05, 4.69) is 38.8 Å². The van der Waals surface area contributed by atoms with E-state index < -0.39 is 51.7 Å². The lowest BCUT2D eigenvalue weighted by Gasteiger charge is -2.65. The van der Waals surface area contributed by atoms with Crippen molar-refractivity contribution in [2.45, 2.75) is 122 Å². The van der Waals surface area contributed by atoms with Gasteiger partial charge in [0.05, 0.1) is 36.6 Å². The van der Waals surface area contributed by atoms with Gasteiger partial charge in [0, 0.05) is 12.3 Å². The first-order valence-corrected chi connectivity index (χ1v) is 16.4. The molecule has 0 unspecified atom stereocenters. The Morgan fingerprint density at radius 1 is 0.923 bits per heavy atom. The van der Waals surface area contributed by atoms with Gasteiger partial charge in [-0.05, 0) is 91.3 Å². The Balaban J connectivity index is 1.53. The van der Waals surface area contributed by atoms with Gasteiger partial charge >= 0.3 is 10.4 Å². The maximum atomic E-state index is 12.4. The highest BCUT2D eigenvalue weighted by atomic mass is 32.3. The molecule has 9 nitrogen and oxygen atoms in total. The second-order valence-corrected chi connectivity index (χ2v) is 15.6. The van der Waals surface area contributed by atoms with E-state index >= 15 is 0 Å². The zero-order valence-corrected chi connectivity index (χ0v) is 25.1. The van der Waals surface area contributed by atoms with Crippen LogP contribution >= 0.6 is 0 Å². The van der Waals surface area contributed by atoms with Crippen molar-refractivity contribution < 1.29 is 42.7 Å². The quantitative estimate of drug-likeness (QED) is 0.226. The Hall–Kier alpha value is -0.330. The molecule has 0 bridgehead atoms. The van der Waals surface area contributed by atoms with Crippen LogP contribution in [0.4, 0.5) is 0 Å². The predicted molar refractivity (Wildman–Crippen MR) is 146 cm³/mol. The van der Waals surface area contributed by atoms with Crippen LogP contribution in [0.1, 0.15) is 92.4 Å². The van der Waals surface area contributed by atoms with Gasteiger partial charge in [-0.15, -0.1) is 0 Å². The van der Waals surface area contributed by atoms with E-state index in [1.165, 1.54) is 0 Å². The minimum absolute atomic E-state index is 0.0372. The first-order valence-electron chi connectivity index (χ1n) is 15.0. The molecule has 0 aromatic rings. The molecule has 4 rings (SSSR count). The third-order valence-electron chi connectivity index (χ3n) is 12.1. The zero-order chi connectivity index (χ0) is 29.1. The number of rotatable bonds is 9. The molecule has 0 aromatic carbocycles. The van der Waals surface area contributed by atoms with Crippen molar-refractivity contribution in [3.8, 4) is 0 Å². The molecule has 4 fully saturated rings. The Bertz CT molecular complexity index is 974. The first-order chi connectivity index (χ1) is 18.0. The number of aliphatic hydroxyl groups excluding tert-OH is 4. The van der Waals surface area contributed by atoms with Crippen LogP contribution in [0.25, 0.3) is 0 Å². The van der Waals surface area contributed by atoms with Crippen molar-refractivity contribution >= 4 is 10.4 Å². The highest BCUT2D eigenvalue weighted by Gasteiger charge is 2.72. The van der Waals surface area contributed by atoms with Gasteiger partial charge in [-0.1, -0.05) is 41.0 Å². The average molecular weight is 577 g/mol. The maximum absolute atomic E-state index is 12.4. The van der Waals surface area contributed by atoms with Gasteiger partial charge in [0.1, 0.15) is 0 Å². The third-order valence-corrected chi connectivity index (χ3v) is 12.6. The van der Waals surface area contributed by atoms with Crippen LogP contribution in [0, 0.1) is 52.3 Å². The fourth-order valence-corrected chi connectivity index (χ4v) is 10.6. The summed E-state index contributed by atoms with van der Waals surface area (Å²) >= 11 is 0. The van der Waals surface area contributed by atoms with Gasteiger partial charge in [-0.25, -0.2) is 4.18 Å². The molecule has 0 aliphatic heterocycles. The minimum atomic E-state index is -4.47. The van der Waals surface area contributed by atoms with Crippen LogP contribution in [-0.2, 0) is 14.6 Å². The fourth-order valence-electron chi connectivity index (χ4n) is 10.3. The highest BCUT2D eigenvalue weighted by Crippen LogP contribution is 2.69. The summed E-state index contributed by atoms with van der Waals surface area (Å²) in [5, 5.41) is 57.0. The summed E-state index contributed by atoms with van der Waals surface area (Å²) in [6.45, 7) is 10.4.